The summed E-state index contributed by atoms with van der Waals surface area (Å²) < 4.78 is 18.1. The fourth-order valence-corrected chi connectivity index (χ4v) is 2.34. The lowest BCUT2D eigenvalue weighted by atomic mass is 10.0. The van der Waals surface area contributed by atoms with Gasteiger partial charge in [-0.05, 0) is 35.4 Å². The highest BCUT2D eigenvalue weighted by Gasteiger charge is 2.13. The van der Waals surface area contributed by atoms with Crippen molar-refractivity contribution in [2.24, 2.45) is 0 Å². The van der Waals surface area contributed by atoms with Crippen molar-refractivity contribution in [2.75, 3.05) is 7.11 Å². The van der Waals surface area contributed by atoms with Gasteiger partial charge >= 0.3 is 0 Å². The first-order valence-electron chi connectivity index (χ1n) is 5.96. The molecule has 106 valence electrons. The molecule has 0 amide bonds. The van der Waals surface area contributed by atoms with E-state index < -0.39 is 11.9 Å². The van der Waals surface area contributed by atoms with Gasteiger partial charge in [-0.15, -0.1) is 0 Å². The summed E-state index contributed by atoms with van der Waals surface area (Å²) in [5, 5.41) is 11.0. The van der Waals surface area contributed by atoms with Gasteiger partial charge in [0.1, 0.15) is 11.6 Å². The molecular formula is C15H13Cl2FO2. The number of aliphatic hydroxyl groups excluding tert-OH is 1. The molecule has 0 radical (unpaired) electrons. The zero-order chi connectivity index (χ0) is 14.7. The smallest absolute Gasteiger partial charge is 0.137 e. The maximum absolute atomic E-state index is 13.0. The molecule has 0 saturated heterocycles. The van der Waals surface area contributed by atoms with Crippen molar-refractivity contribution in [1.82, 2.24) is 0 Å². The molecule has 0 aliphatic carbocycles. The number of ether oxygens (including phenoxy) is 1. The number of methoxy groups -OCH3 is 1. The van der Waals surface area contributed by atoms with E-state index in [1.54, 1.807) is 24.3 Å². The minimum atomic E-state index is -0.774. The Morgan fingerprint density at radius 3 is 2.55 bits per heavy atom. The van der Waals surface area contributed by atoms with Crippen molar-refractivity contribution in [3.63, 3.8) is 0 Å². The van der Waals surface area contributed by atoms with E-state index in [1.165, 1.54) is 19.2 Å². The van der Waals surface area contributed by atoms with Gasteiger partial charge in [-0.1, -0.05) is 35.3 Å². The number of hydrogen-bond acceptors (Lipinski definition) is 2. The third-order valence-corrected chi connectivity index (χ3v) is 3.65. The van der Waals surface area contributed by atoms with Crippen LogP contribution in [0.4, 0.5) is 4.39 Å². The summed E-state index contributed by atoms with van der Waals surface area (Å²) in [6, 6.07) is 9.15. The molecule has 1 atom stereocenters. The van der Waals surface area contributed by atoms with Gasteiger partial charge in [-0.25, -0.2) is 4.39 Å². The molecule has 2 aromatic rings. The van der Waals surface area contributed by atoms with E-state index in [4.69, 9.17) is 27.9 Å². The molecule has 0 aliphatic rings. The number of halogens is 3. The summed E-state index contributed by atoms with van der Waals surface area (Å²) in [6.45, 7) is 0. The molecule has 0 aromatic heterocycles. The Bertz CT molecular complexity index is 617. The molecule has 20 heavy (non-hydrogen) atoms. The standard InChI is InChI=1S/C15H13Cl2FO2/c1-20-15-7-10(3-5-12(15)16)14(19)6-9-2-4-11(18)8-13(9)17/h2-5,7-8,14,19H,6H2,1H3. The van der Waals surface area contributed by atoms with Gasteiger partial charge in [0.15, 0.2) is 0 Å². The molecule has 1 unspecified atom stereocenters. The lowest BCUT2D eigenvalue weighted by molar-refractivity contribution is 0.178. The number of rotatable bonds is 4. The van der Waals surface area contributed by atoms with Crippen molar-refractivity contribution < 1.29 is 14.2 Å². The van der Waals surface area contributed by atoms with E-state index in [0.29, 0.717) is 26.9 Å². The highest BCUT2D eigenvalue weighted by molar-refractivity contribution is 6.32. The van der Waals surface area contributed by atoms with Crippen LogP contribution in [0.3, 0.4) is 0 Å². The van der Waals surface area contributed by atoms with Crippen molar-refractivity contribution in [3.8, 4) is 5.75 Å². The van der Waals surface area contributed by atoms with Crippen LogP contribution in [0.1, 0.15) is 17.2 Å². The van der Waals surface area contributed by atoms with Crippen LogP contribution in [-0.4, -0.2) is 12.2 Å². The van der Waals surface area contributed by atoms with Gasteiger partial charge < -0.3 is 9.84 Å². The van der Waals surface area contributed by atoms with Crippen LogP contribution in [0.5, 0.6) is 5.75 Å². The van der Waals surface area contributed by atoms with Crippen LogP contribution >= 0.6 is 23.2 Å². The van der Waals surface area contributed by atoms with E-state index in [2.05, 4.69) is 0 Å². The van der Waals surface area contributed by atoms with E-state index in [0.717, 1.165) is 0 Å². The van der Waals surface area contributed by atoms with Crippen LogP contribution in [0.2, 0.25) is 10.0 Å². The Hall–Kier alpha value is -1.29. The first kappa shape index (κ1) is 15.1. The second-order valence-corrected chi connectivity index (χ2v) is 5.16. The SMILES string of the molecule is COc1cc(C(O)Cc2ccc(F)cc2Cl)ccc1Cl. The number of aliphatic hydroxyl groups is 1. The lowest BCUT2D eigenvalue weighted by Crippen LogP contribution is -2.03. The number of benzene rings is 2. The van der Waals surface area contributed by atoms with Crippen LogP contribution < -0.4 is 4.74 Å². The molecule has 1 N–H and O–H groups in total. The fourth-order valence-electron chi connectivity index (χ4n) is 1.90. The predicted molar refractivity (Wildman–Crippen MR) is 78.1 cm³/mol. The minimum Gasteiger partial charge on any atom is -0.495 e. The average Bonchev–Trinajstić information content (AvgIpc) is 2.42. The Labute approximate surface area is 126 Å². The zero-order valence-electron chi connectivity index (χ0n) is 10.7. The molecular weight excluding hydrogens is 302 g/mol. The third-order valence-electron chi connectivity index (χ3n) is 2.99. The maximum Gasteiger partial charge on any atom is 0.137 e. The highest BCUT2D eigenvalue weighted by Crippen LogP contribution is 2.30. The van der Waals surface area contributed by atoms with Gasteiger partial charge in [0.05, 0.1) is 18.2 Å². The molecule has 0 bridgehead atoms. The van der Waals surface area contributed by atoms with Crippen molar-refractivity contribution in [1.29, 1.82) is 0 Å². The van der Waals surface area contributed by atoms with E-state index in [1.807, 2.05) is 0 Å². The lowest BCUT2D eigenvalue weighted by Gasteiger charge is -2.14. The Morgan fingerprint density at radius 2 is 1.90 bits per heavy atom. The number of hydrogen-bond donors (Lipinski definition) is 1. The molecule has 2 nitrogen and oxygen atoms in total. The minimum absolute atomic E-state index is 0.282. The second-order valence-electron chi connectivity index (χ2n) is 4.35. The largest absolute Gasteiger partial charge is 0.495 e. The van der Waals surface area contributed by atoms with E-state index >= 15 is 0 Å². The molecule has 2 aromatic carbocycles. The molecule has 0 fully saturated rings. The average molecular weight is 315 g/mol. The summed E-state index contributed by atoms with van der Waals surface area (Å²) in [5.41, 5.74) is 1.33. The zero-order valence-corrected chi connectivity index (χ0v) is 12.2. The third kappa shape index (κ3) is 3.42. The summed E-state index contributed by atoms with van der Waals surface area (Å²) >= 11 is 11.9. The van der Waals surface area contributed by atoms with Crippen LogP contribution in [-0.2, 0) is 6.42 Å². The van der Waals surface area contributed by atoms with Gasteiger partial charge in [0, 0.05) is 11.4 Å². The van der Waals surface area contributed by atoms with Crippen molar-refractivity contribution >= 4 is 23.2 Å². The molecule has 2 rings (SSSR count). The van der Waals surface area contributed by atoms with Gasteiger partial charge in [0.2, 0.25) is 0 Å². The Kier molecular flexibility index (Phi) is 4.86. The first-order chi connectivity index (χ1) is 9.51. The maximum atomic E-state index is 13.0. The van der Waals surface area contributed by atoms with Crippen LogP contribution in [0, 0.1) is 5.82 Å². The van der Waals surface area contributed by atoms with Gasteiger partial charge in [0.25, 0.3) is 0 Å². The van der Waals surface area contributed by atoms with Crippen molar-refractivity contribution in [2.45, 2.75) is 12.5 Å². The van der Waals surface area contributed by atoms with Gasteiger partial charge in [-0.3, -0.25) is 0 Å². The van der Waals surface area contributed by atoms with E-state index in [9.17, 15) is 9.50 Å². The first-order valence-corrected chi connectivity index (χ1v) is 6.72. The summed E-state index contributed by atoms with van der Waals surface area (Å²) in [6.07, 6.45) is -0.492. The van der Waals surface area contributed by atoms with Gasteiger partial charge in [-0.2, -0.15) is 0 Å². The molecule has 0 heterocycles. The Balaban J connectivity index is 2.21. The van der Waals surface area contributed by atoms with Crippen molar-refractivity contribution in [3.05, 3.63) is 63.4 Å². The normalized spacial score (nSPS) is 12.2. The highest BCUT2D eigenvalue weighted by atomic mass is 35.5. The quantitative estimate of drug-likeness (QED) is 0.905. The molecule has 0 spiro atoms. The predicted octanol–water partition coefficient (Wildman–Crippen LogP) is 4.42. The molecule has 0 saturated carbocycles. The van der Waals surface area contributed by atoms with Crippen LogP contribution in [0.25, 0.3) is 0 Å². The summed E-state index contributed by atoms with van der Waals surface area (Å²) in [5.74, 6) is 0.0924. The Morgan fingerprint density at radius 1 is 1.15 bits per heavy atom. The summed E-state index contributed by atoms with van der Waals surface area (Å²) in [7, 11) is 1.51. The monoisotopic (exact) mass is 314 g/mol. The van der Waals surface area contributed by atoms with Crippen LogP contribution in [0.15, 0.2) is 36.4 Å². The summed E-state index contributed by atoms with van der Waals surface area (Å²) in [4.78, 5) is 0. The molecule has 5 heteroatoms. The van der Waals surface area contributed by atoms with E-state index in [-0.39, 0.29) is 6.42 Å². The molecule has 0 aliphatic heterocycles. The topological polar surface area (TPSA) is 29.5 Å². The second kappa shape index (κ2) is 6.44. The fraction of sp³-hybridized carbons (Fsp3) is 0.200.